The van der Waals surface area contributed by atoms with Gasteiger partial charge in [0, 0.05) is 67.0 Å². The predicted octanol–water partition coefficient (Wildman–Crippen LogP) is 17.9. The second-order valence-corrected chi connectivity index (χ2v) is 17.2. The summed E-state index contributed by atoms with van der Waals surface area (Å²) in [4.78, 5) is 4.76. The molecule has 4 heteroatoms. The first-order valence-electron chi connectivity index (χ1n) is 22.5. The maximum absolute atomic E-state index is 6.98. The van der Waals surface area contributed by atoms with E-state index in [0.29, 0.717) is 0 Å². The molecule has 0 fully saturated rings. The van der Waals surface area contributed by atoms with Crippen LogP contribution in [0.1, 0.15) is 0 Å². The van der Waals surface area contributed by atoms with Crippen LogP contribution in [0.5, 0.6) is 23.0 Å². The first-order valence-corrected chi connectivity index (χ1v) is 22.5. The Morgan fingerprint density at radius 1 is 0.242 bits per heavy atom. The third-order valence-corrected chi connectivity index (χ3v) is 13.6. The lowest BCUT2D eigenvalue weighted by atomic mass is 9.87. The van der Waals surface area contributed by atoms with Crippen LogP contribution in [0, 0.1) is 0 Å². The fourth-order valence-electron chi connectivity index (χ4n) is 10.6. The number of anilines is 6. The molecule has 0 bridgehead atoms. The van der Waals surface area contributed by atoms with Gasteiger partial charge in [-0.3, -0.25) is 0 Å². The van der Waals surface area contributed by atoms with Crippen LogP contribution in [0.3, 0.4) is 0 Å². The number of benzene rings is 12. The second kappa shape index (κ2) is 14.3. The molecule has 0 N–H and O–H groups in total. The third kappa shape index (κ3) is 5.52. The quantitative estimate of drug-likeness (QED) is 0.166. The van der Waals surface area contributed by atoms with Gasteiger partial charge in [0.05, 0.1) is 22.7 Å². The summed E-state index contributed by atoms with van der Waals surface area (Å²) >= 11 is 0. The molecule has 0 unspecified atom stereocenters. The Labute approximate surface area is 381 Å². The van der Waals surface area contributed by atoms with E-state index in [1.54, 1.807) is 0 Å². The van der Waals surface area contributed by atoms with Gasteiger partial charge in [0.2, 0.25) is 0 Å². The molecule has 14 rings (SSSR count). The van der Waals surface area contributed by atoms with Crippen LogP contribution in [-0.4, -0.2) is 0 Å². The van der Waals surface area contributed by atoms with E-state index in [1.807, 2.05) is 0 Å². The Kier molecular flexibility index (Phi) is 7.95. The Bertz CT molecular complexity index is 3550. The summed E-state index contributed by atoms with van der Waals surface area (Å²) in [5.41, 5.74) is 10.8. The van der Waals surface area contributed by atoms with Crippen molar-refractivity contribution in [3.63, 3.8) is 0 Å². The van der Waals surface area contributed by atoms with Crippen LogP contribution in [-0.2, 0) is 0 Å². The standard InChI is InChI=1S/C62H38N2O2/c1-5-21-45-39(13-1)17-9-25-53(45)63(54-26-10-18-40-14-2-6-22-46(40)54)43-29-31-49-51-33-34-52-50-32-30-44(38-60(50)66-58-36-35-57(61(51)62(52)58)65-59(49)37-43)64(55-27-11-19-41-15-3-7-23-47(41)55)56-28-12-20-42-16-4-8-24-48(42)56/h1-38H. The molecule has 0 aliphatic carbocycles. The van der Waals surface area contributed by atoms with Crippen LogP contribution in [0.15, 0.2) is 231 Å². The van der Waals surface area contributed by atoms with Gasteiger partial charge >= 0.3 is 0 Å². The van der Waals surface area contributed by atoms with Crippen LogP contribution in [0.25, 0.3) is 76.1 Å². The molecule has 66 heavy (non-hydrogen) atoms. The summed E-state index contributed by atoms with van der Waals surface area (Å²) < 4.78 is 14.0. The van der Waals surface area contributed by atoms with E-state index in [4.69, 9.17) is 9.47 Å². The average Bonchev–Trinajstić information content (AvgIpc) is 3.38. The van der Waals surface area contributed by atoms with Gasteiger partial charge in [-0.05, 0) is 93.3 Å². The Morgan fingerprint density at radius 3 is 0.894 bits per heavy atom. The Morgan fingerprint density at radius 2 is 0.545 bits per heavy atom. The molecule has 0 atom stereocenters. The maximum Gasteiger partial charge on any atom is 0.137 e. The van der Waals surface area contributed by atoms with E-state index in [0.717, 1.165) is 90.1 Å². The minimum absolute atomic E-state index is 0.817. The van der Waals surface area contributed by atoms with Crippen LogP contribution < -0.4 is 19.3 Å². The van der Waals surface area contributed by atoms with E-state index in [-0.39, 0.29) is 0 Å². The molecule has 2 aliphatic rings. The summed E-state index contributed by atoms with van der Waals surface area (Å²) in [5.74, 6) is 3.27. The fourth-order valence-corrected chi connectivity index (χ4v) is 10.6. The summed E-state index contributed by atoms with van der Waals surface area (Å²) in [6.45, 7) is 0. The van der Waals surface area contributed by atoms with Gasteiger partial charge < -0.3 is 19.3 Å². The van der Waals surface area contributed by atoms with E-state index in [2.05, 4.69) is 240 Å². The molecule has 12 aromatic carbocycles. The number of hydrogen-bond donors (Lipinski definition) is 0. The summed E-state index contributed by atoms with van der Waals surface area (Å²) in [5, 5.41) is 11.6. The van der Waals surface area contributed by atoms with E-state index >= 15 is 0 Å². The van der Waals surface area contributed by atoms with Crippen LogP contribution >= 0.6 is 0 Å². The molecule has 0 spiro atoms. The molecule has 2 heterocycles. The van der Waals surface area contributed by atoms with Crippen molar-refractivity contribution in [2.75, 3.05) is 9.80 Å². The third-order valence-electron chi connectivity index (χ3n) is 13.6. The molecular formula is C62H38N2O2. The average molecular weight is 843 g/mol. The zero-order chi connectivity index (χ0) is 43.3. The van der Waals surface area contributed by atoms with Crippen molar-refractivity contribution < 1.29 is 9.47 Å². The zero-order valence-electron chi connectivity index (χ0n) is 35.7. The molecule has 12 aromatic rings. The SMILES string of the molecule is c1ccc2c(N(c3ccc4c(c3)Oc3ccc5c6c(ccc-4c36)-c3ccc(N(c4cccc6ccccc46)c4cccc6ccccc46)cc3O5)c3cccc4ccccc34)cccc2c1. The first kappa shape index (κ1) is 36.6. The number of fused-ring (bicyclic) bond motifs is 8. The normalized spacial score (nSPS) is 12.2. The van der Waals surface area contributed by atoms with Gasteiger partial charge in [0.15, 0.2) is 0 Å². The van der Waals surface area contributed by atoms with E-state index in [9.17, 15) is 0 Å². The Hall–Kier alpha value is -8.86. The number of nitrogens with zero attached hydrogens (tertiary/aromatic N) is 2. The molecule has 308 valence electrons. The largest absolute Gasteiger partial charge is 0.456 e. The van der Waals surface area contributed by atoms with Crippen molar-refractivity contribution in [1.82, 2.24) is 0 Å². The van der Waals surface area contributed by atoms with Gasteiger partial charge in [0.1, 0.15) is 23.0 Å². The summed E-state index contributed by atoms with van der Waals surface area (Å²) in [7, 11) is 0. The molecule has 0 aromatic heterocycles. The van der Waals surface area contributed by atoms with Crippen LogP contribution in [0.4, 0.5) is 34.1 Å². The highest BCUT2D eigenvalue weighted by atomic mass is 16.5. The molecule has 0 saturated carbocycles. The van der Waals surface area contributed by atoms with Crippen molar-refractivity contribution in [3.8, 4) is 45.3 Å². The molecule has 4 nitrogen and oxygen atoms in total. The topological polar surface area (TPSA) is 24.9 Å². The summed E-state index contributed by atoms with van der Waals surface area (Å²) in [6.07, 6.45) is 0. The van der Waals surface area contributed by atoms with Gasteiger partial charge in [-0.25, -0.2) is 0 Å². The lowest BCUT2D eigenvalue weighted by Gasteiger charge is -2.31. The number of ether oxygens (including phenoxy) is 2. The van der Waals surface area contributed by atoms with E-state index < -0.39 is 0 Å². The van der Waals surface area contributed by atoms with Gasteiger partial charge in [-0.15, -0.1) is 0 Å². The van der Waals surface area contributed by atoms with Gasteiger partial charge in [-0.2, -0.15) is 0 Å². The maximum atomic E-state index is 6.98. The zero-order valence-corrected chi connectivity index (χ0v) is 35.7. The lowest BCUT2D eigenvalue weighted by Crippen LogP contribution is -2.12. The smallest absolute Gasteiger partial charge is 0.137 e. The molecule has 0 saturated heterocycles. The summed E-state index contributed by atoms with van der Waals surface area (Å²) in [6, 6.07) is 82.6. The minimum atomic E-state index is 0.817. The predicted molar refractivity (Wildman–Crippen MR) is 274 cm³/mol. The Balaban J connectivity index is 0.901. The molecule has 0 amide bonds. The fraction of sp³-hybridized carbons (Fsp3) is 0. The van der Waals surface area contributed by atoms with Crippen molar-refractivity contribution in [1.29, 1.82) is 0 Å². The first-order chi connectivity index (χ1) is 32.7. The van der Waals surface area contributed by atoms with Crippen molar-refractivity contribution in [2.24, 2.45) is 0 Å². The van der Waals surface area contributed by atoms with E-state index in [1.165, 1.54) is 43.1 Å². The van der Waals surface area contributed by atoms with Crippen LogP contribution in [0.2, 0.25) is 0 Å². The number of hydrogen-bond acceptors (Lipinski definition) is 4. The van der Waals surface area contributed by atoms with Gasteiger partial charge in [0.25, 0.3) is 0 Å². The lowest BCUT2D eigenvalue weighted by molar-refractivity contribution is 0.475. The molecule has 0 radical (unpaired) electrons. The highest BCUT2D eigenvalue weighted by molar-refractivity contribution is 6.15. The minimum Gasteiger partial charge on any atom is -0.456 e. The molecular weight excluding hydrogens is 805 g/mol. The highest BCUT2D eigenvalue weighted by Gasteiger charge is 2.30. The molecule has 2 aliphatic heterocycles. The van der Waals surface area contributed by atoms with Crippen molar-refractivity contribution >= 4 is 88.0 Å². The van der Waals surface area contributed by atoms with Gasteiger partial charge in [-0.1, -0.05) is 158 Å². The second-order valence-electron chi connectivity index (χ2n) is 17.2. The van der Waals surface area contributed by atoms with Crippen molar-refractivity contribution in [3.05, 3.63) is 231 Å². The number of rotatable bonds is 6. The highest BCUT2D eigenvalue weighted by Crippen LogP contribution is 2.57. The van der Waals surface area contributed by atoms with Crippen molar-refractivity contribution in [2.45, 2.75) is 0 Å². The monoisotopic (exact) mass is 842 g/mol.